The summed E-state index contributed by atoms with van der Waals surface area (Å²) in [5.74, 6) is 0.0327. The van der Waals surface area contributed by atoms with Crippen LogP contribution < -0.4 is 5.32 Å². The SMILES string of the molecule is Cc1cccc(NC(=O)CCc2ccc3nc[nH]c3c2)c1. The normalized spacial score (nSPS) is 10.7. The number of hydrogen-bond acceptors (Lipinski definition) is 2. The largest absolute Gasteiger partial charge is 0.345 e. The molecule has 3 rings (SSSR count). The van der Waals surface area contributed by atoms with Crippen LogP contribution in [0.4, 0.5) is 5.69 Å². The average Bonchev–Trinajstić information content (AvgIpc) is 2.92. The fraction of sp³-hybridized carbons (Fsp3) is 0.176. The lowest BCUT2D eigenvalue weighted by Gasteiger charge is -2.06. The number of H-pyrrole nitrogens is 1. The van der Waals surface area contributed by atoms with Gasteiger partial charge in [-0.05, 0) is 48.7 Å². The number of fused-ring (bicyclic) bond motifs is 1. The van der Waals surface area contributed by atoms with Gasteiger partial charge in [0.15, 0.2) is 0 Å². The van der Waals surface area contributed by atoms with Crippen LogP contribution in [0.15, 0.2) is 48.8 Å². The molecule has 1 amide bonds. The Hall–Kier alpha value is -2.62. The second-order valence-electron chi connectivity index (χ2n) is 5.17. The first-order chi connectivity index (χ1) is 10.2. The Morgan fingerprint density at radius 2 is 2.14 bits per heavy atom. The Balaban J connectivity index is 1.60. The van der Waals surface area contributed by atoms with E-state index in [0.29, 0.717) is 12.8 Å². The number of nitrogens with zero attached hydrogens (tertiary/aromatic N) is 1. The predicted octanol–water partition coefficient (Wildman–Crippen LogP) is 3.44. The molecule has 0 radical (unpaired) electrons. The molecule has 2 aromatic carbocycles. The van der Waals surface area contributed by atoms with E-state index in [1.54, 1.807) is 6.33 Å². The summed E-state index contributed by atoms with van der Waals surface area (Å²) < 4.78 is 0. The van der Waals surface area contributed by atoms with Gasteiger partial charge in [-0.3, -0.25) is 4.79 Å². The van der Waals surface area contributed by atoms with Gasteiger partial charge in [0.05, 0.1) is 17.4 Å². The Morgan fingerprint density at radius 3 is 3.00 bits per heavy atom. The Labute approximate surface area is 123 Å². The zero-order chi connectivity index (χ0) is 14.7. The minimum atomic E-state index is 0.0327. The Bertz CT molecular complexity index is 776. The van der Waals surface area contributed by atoms with Gasteiger partial charge in [-0.15, -0.1) is 0 Å². The van der Waals surface area contributed by atoms with Crippen LogP contribution in [0.3, 0.4) is 0 Å². The lowest BCUT2D eigenvalue weighted by molar-refractivity contribution is -0.116. The number of carbonyl (C=O) groups excluding carboxylic acids is 1. The van der Waals surface area contributed by atoms with Crippen LogP contribution in [0.2, 0.25) is 0 Å². The first-order valence-corrected chi connectivity index (χ1v) is 6.99. The third kappa shape index (κ3) is 3.28. The van der Waals surface area contributed by atoms with Crippen molar-refractivity contribution >= 4 is 22.6 Å². The molecule has 0 saturated heterocycles. The highest BCUT2D eigenvalue weighted by Crippen LogP contribution is 2.14. The van der Waals surface area contributed by atoms with Crippen molar-refractivity contribution < 1.29 is 4.79 Å². The van der Waals surface area contributed by atoms with Gasteiger partial charge < -0.3 is 10.3 Å². The maximum atomic E-state index is 12.0. The molecule has 4 heteroatoms. The lowest BCUT2D eigenvalue weighted by atomic mass is 10.1. The summed E-state index contributed by atoms with van der Waals surface area (Å²) in [6.45, 7) is 2.01. The summed E-state index contributed by atoms with van der Waals surface area (Å²) in [4.78, 5) is 19.2. The predicted molar refractivity (Wildman–Crippen MR) is 84.2 cm³/mol. The summed E-state index contributed by atoms with van der Waals surface area (Å²) in [5.41, 5.74) is 5.07. The number of amides is 1. The minimum Gasteiger partial charge on any atom is -0.345 e. The summed E-state index contributed by atoms with van der Waals surface area (Å²) in [7, 11) is 0. The van der Waals surface area contributed by atoms with Crippen molar-refractivity contribution in [1.82, 2.24) is 9.97 Å². The van der Waals surface area contributed by atoms with Gasteiger partial charge in [-0.2, -0.15) is 0 Å². The number of nitrogens with one attached hydrogen (secondary N) is 2. The third-order valence-electron chi connectivity index (χ3n) is 3.43. The van der Waals surface area contributed by atoms with Gasteiger partial charge in [0.2, 0.25) is 5.91 Å². The average molecular weight is 279 g/mol. The van der Waals surface area contributed by atoms with Crippen LogP contribution >= 0.6 is 0 Å². The molecule has 0 unspecified atom stereocenters. The van der Waals surface area contributed by atoms with Gasteiger partial charge in [0.1, 0.15) is 0 Å². The molecular formula is C17H17N3O. The van der Waals surface area contributed by atoms with Crippen molar-refractivity contribution in [3.05, 3.63) is 59.9 Å². The molecule has 0 bridgehead atoms. The maximum Gasteiger partial charge on any atom is 0.224 e. The van der Waals surface area contributed by atoms with Crippen molar-refractivity contribution in [3.63, 3.8) is 0 Å². The molecule has 0 fully saturated rings. The smallest absolute Gasteiger partial charge is 0.224 e. The van der Waals surface area contributed by atoms with E-state index in [4.69, 9.17) is 0 Å². The van der Waals surface area contributed by atoms with Gasteiger partial charge in [0.25, 0.3) is 0 Å². The quantitative estimate of drug-likeness (QED) is 0.768. The Morgan fingerprint density at radius 1 is 1.24 bits per heavy atom. The maximum absolute atomic E-state index is 12.0. The first kappa shape index (κ1) is 13.4. The van der Waals surface area contributed by atoms with Crippen molar-refractivity contribution in [1.29, 1.82) is 0 Å². The van der Waals surface area contributed by atoms with Gasteiger partial charge in [0, 0.05) is 12.1 Å². The van der Waals surface area contributed by atoms with Gasteiger partial charge >= 0.3 is 0 Å². The van der Waals surface area contributed by atoms with Crippen molar-refractivity contribution in [2.45, 2.75) is 19.8 Å². The van der Waals surface area contributed by atoms with Crippen molar-refractivity contribution in [2.75, 3.05) is 5.32 Å². The fourth-order valence-corrected chi connectivity index (χ4v) is 2.34. The fourth-order valence-electron chi connectivity index (χ4n) is 2.34. The van der Waals surface area contributed by atoms with E-state index in [1.807, 2.05) is 49.4 Å². The molecule has 106 valence electrons. The summed E-state index contributed by atoms with van der Waals surface area (Å²) in [6.07, 6.45) is 2.86. The molecule has 0 saturated carbocycles. The molecule has 0 aliphatic carbocycles. The number of aromatic nitrogens is 2. The Kier molecular flexibility index (Phi) is 3.69. The molecular weight excluding hydrogens is 262 g/mol. The van der Waals surface area contributed by atoms with Crippen LogP contribution in [0.25, 0.3) is 11.0 Å². The van der Waals surface area contributed by atoms with E-state index in [2.05, 4.69) is 15.3 Å². The highest BCUT2D eigenvalue weighted by molar-refractivity contribution is 5.91. The van der Waals surface area contributed by atoms with E-state index in [1.165, 1.54) is 0 Å². The van der Waals surface area contributed by atoms with E-state index < -0.39 is 0 Å². The third-order valence-corrected chi connectivity index (χ3v) is 3.43. The van der Waals surface area contributed by atoms with Crippen molar-refractivity contribution in [3.8, 4) is 0 Å². The highest BCUT2D eigenvalue weighted by atomic mass is 16.1. The molecule has 0 spiro atoms. The van der Waals surface area contributed by atoms with Crippen molar-refractivity contribution in [2.24, 2.45) is 0 Å². The van der Waals surface area contributed by atoms with Gasteiger partial charge in [-0.25, -0.2) is 4.98 Å². The minimum absolute atomic E-state index is 0.0327. The summed E-state index contributed by atoms with van der Waals surface area (Å²) >= 11 is 0. The zero-order valence-corrected chi connectivity index (χ0v) is 11.9. The standard InChI is InChI=1S/C17H17N3O/c1-12-3-2-4-14(9-12)20-17(21)8-6-13-5-7-15-16(10-13)19-11-18-15/h2-5,7,9-11H,6,8H2,1H3,(H,18,19)(H,20,21). The van der Waals surface area contributed by atoms with E-state index in [0.717, 1.165) is 27.8 Å². The summed E-state index contributed by atoms with van der Waals surface area (Å²) in [6, 6.07) is 13.9. The number of rotatable bonds is 4. The molecule has 3 aromatic rings. The number of hydrogen-bond donors (Lipinski definition) is 2. The molecule has 0 aliphatic heterocycles. The van der Waals surface area contributed by atoms with Crippen LogP contribution in [0.1, 0.15) is 17.5 Å². The molecule has 0 atom stereocenters. The molecule has 21 heavy (non-hydrogen) atoms. The summed E-state index contributed by atoms with van der Waals surface area (Å²) in [5, 5.41) is 2.93. The van der Waals surface area contributed by atoms with Gasteiger partial charge in [-0.1, -0.05) is 18.2 Å². The van der Waals surface area contributed by atoms with E-state index in [-0.39, 0.29) is 5.91 Å². The number of carbonyl (C=O) groups is 1. The van der Waals surface area contributed by atoms with E-state index in [9.17, 15) is 4.79 Å². The lowest BCUT2D eigenvalue weighted by Crippen LogP contribution is -2.12. The number of aryl methyl sites for hydroxylation is 2. The van der Waals surface area contributed by atoms with E-state index >= 15 is 0 Å². The topological polar surface area (TPSA) is 57.8 Å². The van der Waals surface area contributed by atoms with Crippen LogP contribution in [0.5, 0.6) is 0 Å². The van der Waals surface area contributed by atoms with Crippen LogP contribution in [-0.2, 0) is 11.2 Å². The highest BCUT2D eigenvalue weighted by Gasteiger charge is 2.04. The molecule has 4 nitrogen and oxygen atoms in total. The molecule has 1 heterocycles. The molecule has 0 aliphatic rings. The number of anilines is 1. The monoisotopic (exact) mass is 279 g/mol. The molecule has 2 N–H and O–H groups in total. The number of aromatic amines is 1. The first-order valence-electron chi connectivity index (χ1n) is 6.99. The zero-order valence-electron chi connectivity index (χ0n) is 11.9. The molecule has 1 aromatic heterocycles. The number of imidazole rings is 1. The second-order valence-corrected chi connectivity index (χ2v) is 5.17. The number of benzene rings is 2. The van der Waals surface area contributed by atoms with Crippen LogP contribution in [0, 0.1) is 6.92 Å². The second kappa shape index (κ2) is 5.79. The van der Waals surface area contributed by atoms with Crippen LogP contribution in [-0.4, -0.2) is 15.9 Å².